The highest BCUT2D eigenvalue weighted by Crippen LogP contribution is 2.44. The van der Waals surface area contributed by atoms with E-state index in [0.717, 1.165) is 42.4 Å². The zero-order chi connectivity index (χ0) is 41.6. The summed E-state index contributed by atoms with van der Waals surface area (Å²) in [7, 11) is 6.54. The molecule has 1 atom stereocenters. The molecule has 0 radical (unpaired) electrons. The third-order valence-electron chi connectivity index (χ3n) is 10.6. The molecule has 0 saturated heterocycles. The van der Waals surface area contributed by atoms with Crippen LogP contribution in [0, 0.1) is 11.7 Å². The molecule has 0 unspecified atom stereocenters. The Hall–Kier alpha value is -4.55. The number of carbonyl (C=O) groups excluding carboxylic acids is 3. The van der Waals surface area contributed by atoms with Crippen molar-refractivity contribution < 1.29 is 37.7 Å². The first-order chi connectivity index (χ1) is 27.0. The molecule has 11 nitrogen and oxygen atoms in total. The van der Waals surface area contributed by atoms with E-state index < -0.39 is 23.6 Å². The van der Waals surface area contributed by atoms with Gasteiger partial charge in [0.2, 0.25) is 5.91 Å². The van der Waals surface area contributed by atoms with Crippen molar-refractivity contribution in [3.05, 3.63) is 82.1 Å². The molecule has 0 aromatic heterocycles. The summed E-state index contributed by atoms with van der Waals surface area (Å²) in [6.07, 6.45) is 3.10. The minimum atomic E-state index is -0.600. The summed E-state index contributed by atoms with van der Waals surface area (Å²) in [5.74, 6) is 0.510. The van der Waals surface area contributed by atoms with Gasteiger partial charge in [0.15, 0.2) is 11.5 Å². The standard InChI is InChI=1S/C44H58ClFN4O7/c1-28(2)56-39-25-35-31(22-38(39)54-8)23-40(51)50(42(35)30-12-14-32(45)15-13-30)34-18-19-37(36(46)24-34)48(7)26-29-10-16-33(17-11-29)49(27-41(52)55-9)21-20-47(6)43(53)57-44(3,4)5/h12-15,18-19,22,24-25,28-29,33,42H,10-11,16-17,20-21,23,26-27H2,1-9H3/t29?,33?,42-/m0/s1. The van der Waals surface area contributed by atoms with Crippen molar-refractivity contribution in [3.63, 3.8) is 0 Å². The van der Waals surface area contributed by atoms with Crippen LogP contribution in [0.3, 0.4) is 0 Å². The van der Waals surface area contributed by atoms with E-state index in [1.807, 2.05) is 76.9 Å². The van der Waals surface area contributed by atoms with E-state index in [-0.39, 0.29) is 37.0 Å². The van der Waals surface area contributed by atoms with Gasteiger partial charge in [0.05, 0.1) is 45.0 Å². The van der Waals surface area contributed by atoms with Gasteiger partial charge in [0.1, 0.15) is 11.4 Å². The van der Waals surface area contributed by atoms with Gasteiger partial charge in [-0.15, -0.1) is 0 Å². The molecule has 1 heterocycles. The summed E-state index contributed by atoms with van der Waals surface area (Å²) in [5, 5.41) is 0.569. The van der Waals surface area contributed by atoms with Crippen LogP contribution in [0.25, 0.3) is 0 Å². The van der Waals surface area contributed by atoms with Gasteiger partial charge >= 0.3 is 12.1 Å². The van der Waals surface area contributed by atoms with E-state index in [2.05, 4.69) is 4.90 Å². The average molecular weight is 809 g/mol. The Kier molecular flexibility index (Phi) is 14.4. The van der Waals surface area contributed by atoms with Gasteiger partial charge < -0.3 is 33.6 Å². The molecule has 0 N–H and O–H groups in total. The normalized spacial score (nSPS) is 18.3. The van der Waals surface area contributed by atoms with Crippen molar-refractivity contribution >= 4 is 40.9 Å². The minimum Gasteiger partial charge on any atom is -0.493 e. The summed E-state index contributed by atoms with van der Waals surface area (Å²) in [5.41, 5.74) is 2.81. The van der Waals surface area contributed by atoms with Gasteiger partial charge in [0.25, 0.3) is 0 Å². The van der Waals surface area contributed by atoms with Gasteiger partial charge in [-0.2, -0.15) is 0 Å². The van der Waals surface area contributed by atoms with Crippen LogP contribution in [0.2, 0.25) is 5.02 Å². The molecule has 3 aromatic rings. The Labute approximate surface area is 341 Å². The molecule has 310 valence electrons. The van der Waals surface area contributed by atoms with Gasteiger partial charge in [-0.1, -0.05) is 23.7 Å². The van der Waals surface area contributed by atoms with Gasteiger partial charge in [-0.05, 0) is 125 Å². The van der Waals surface area contributed by atoms with Crippen molar-refractivity contribution in [2.75, 3.05) is 64.3 Å². The van der Waals surface area contributed by atoms with E-state index >= 15 is 4.39 Å². The van der Waals surface area contributed by atoms with E-state index in [0.29, 0.717) is 53.4 Å². The number of halogens is 2. The zero-order valence-electron chi connectivity index (χ0n) is 34.8. The maximum Gasteiger partial charge on any atom is 0.410 e. The Morgan fingerprint density at radius 3 is 2.23 bits per heavy atom. The molecule has 0 spiro atoms. The molecule has 1 aliphatic carbocycles. The lowest BCUT2D eigenvalue weighted by molar-refractivity contribution is -0.142. The van der Waals surface area contributed by atoms with Crippen LogP contribution in [-0.4, -0.2) is 100 Å². The second-order valence-electron chi connectivity index (χ2n) is 16.4. The maximum absolute atomic E-state index is 16.2. The Morgan fingerprint density at radius 1 is 0.947 bits per heavy atom. The molecule has 0 bridgehead atoms. The molecular formula is C44H58ClFN4O7. The van der Waals surface area contributed by atoms with Crippen molar-refractivity contribution in [1.82, 2.24) is 9.80 Å². The van der Waals surface area contributed by atoms with Crippen molar-refractivity contribution in [1.29, 1.82) is 0 Å². The number of anilines is 2. The highest BCUT2D eigenvalue weighted by Gasteiger charge is 2.37. The zero-order valence-corrected chi connectivity index (χ0v) is 35.5. The molecule has 5 rings (SSSR count). The first-order valence-corrected chi connectivity index (χ1v) is 20.1. The van der Waals surface area contributed by atoms with E-state index in [9.17, 15) is 14.4 Å². The highest BCUT2D eigenvalue weighted by atomic mass is 35.5. The maximum atomic E-state index is 16.2. The summed E-state index contributed by atoms with van der Waals surface area (Å²) < 4.78 is 38.5. The van der Waals surface area contributed by atoms with Crippen LogP contribution in [0.4, 0.5) is 20.6 Å². The highest BCUT2D eigenvalue weighted by molar-refractivity contribution is 6.30. The number of esters is 1. The molecule has 13 heteroatoms. The molecular weight excluding hydrogens is 751 g/mol. The van der Waals surface area contributed by atoms with Gasteiger partial charge in [0, 0.05) is 50.5 Å². The number of hydrogen-bond acceptors (Lipinski definition) is 9. The number of methoxy groups -OCH3 is 2. The fourth-order valence-corrected chi connectivity index (χ4v) is 7.92. The van der Waals surface area contributed by atoms with Crippen LogP contribution < -0.4 is 19.3 Å². The molecule has 1 saturated carbocycles. The summed E-state index contributed by atoms with van der Waals surface area (Å²) in [4.78, 5) is 46.1. The lowest BCUT2D eigenvalue weighted by Crippen LogP contribution is -2.46. The van der Waals surface area contributed by atoms with Crippen LogP contribution in [-0.2, 0) is 25.5 Å². The van der Waals surface area contributed by atoms with E-state index in [1.165, 1.54) is 18.1 Å². The van der Waals surface area contributed by atoms with Crippen LogP contribution >= 0.6 is 11.6 Å². The first kappa shape index (κ1) is 43.6. The minimum absolute atomic E-state index is 0.105. The van der Waals surface area contributed by atoms with Crippen molar-refractivity contribution in [2.45, 2.75) is 90.5 Å². The Bertz CT molecular complexity index is 1880. The Balaban J connectivity index is 1.30. The molecule has 1 aliphatic heterocycles. The fourth-order valence-electron chi connectivity index (χ4n) is 7.79. The van der Waals surface area contributed by atoms with E-state index in [4.69, 9.17) is 30.5 Å². The van der Waals surface area contributed by atoms with Crippen LogP contribution in [0.1, 0.15) is 83.0 Å². The molecule has 3 aromatic carbocycles. The van der Waals surface area contributed by atoms with Crippen LogP contribution in [0.15, 0.2) is 54.6 Å². The quantitative estimate of drug-likeness (QED) is 0.149. The SMILES string of the molecule is COC(=O)CN(CCN(C)C(=O)OC(C)(C)C)C1CCC(CN(C)c2ccc(N3C(=O)Cc4cc(OC)c(OC(C)C)cc4[C@@H]3c3ccc(Cl)cc3)cc2F)CC1. The van der Waals surface area contributed by atoms with Crippen LogP contribution in [0.5, 0.6) is 11.5 Å². The van der Waals surface area contributed by atoms with Crippen molar-refractivity contribution in [3.8, 4) is 11.5 Å². The number of benzene rings is 3. The molecule has 2 aliphatic rings. The molecule has 1 fully saturated rings. The largest absolute Gasteiger partial charge is 0.493 e. The number of nitrogens with zero attached hydrogens (tertiary/aromatic N) is 4. The predicted octanol–water partition coefficient (Wildman–Crippen LogP) is 8.29. The number of likely N-dealkylation sites (N-methyl/N-ethyl adjacent to an activating group) is 1. The average Bonchev–Trinajstić information content (AvgIpc) is 3.15. The predicted molar refractivity (Wildman–Crippen MR) is 221 cm³/mol. The van der Waals surface area contributed by atoms with Gasteiger partial charge in [-0.25, -0.2) is 9.18 Å². The third-order valence-corrected chi connectivity index (χ3v) is 10.9. The van der Waals surface area contributed by atoms with Crippen molar-refractivity contribution in [2.24, 2.45) is 5.92 Å². The first-order valence-electron chi connectivity index (χ1n) is 19.7. The topological polar surface area (TPSA) is 101 Å². The second-order valence-corrected chi connectivity index (χ2v) is 16.8. The fraction of sp³-hybridized carbons (Fsp3) is 0.523. The summed E-state index contributed by atoms with van der Waals surface area (Å²) >= 11 is 6.28. The lowest BCUT2D eigenvalue weighted by Gasteiger charge is -2.39. The number of carbonyl (C=O) groups is 3. The number of amides is 2. The summed E-state index contributed by atoms with van der Waals surface area (Å²) in [6, 6.07) is 15.7. The monoisotopic (exact) mass is 808 g/mol. The molecule has 57 heavy (non-hydrogen) atoms. The smallest absolute Gasteiger partial charge is 0.410 e. The number of hydrogen-bond donors (Lipinski definition) is 0. The molecule has 2 amide bonds. The number of ether oxygens (including phenoxy) is 4. The van der Waals surface area contributed by atoms with Gasteiger partial charge in [-0.3, -0.25) is 14.5 Å². The lowest BCUT2D eigenvalue weighted by atomic mass is 9.85. The third kappa shape index (κ3) is 11.1. The number of fused-ring (bicyclic) bond motifs is 1. The second kappa shape index (κ2) is 18.8. The summed E-state index contributed by atoms with van der Waals surface area (Å²) in [6.45, 7) is 11.1. The number of rotatable bonds is 14. The Morgan fingerprint density at radius 2 is 1.63 bits per heavy atom. The van der Waals surface area contributed by atoms with E-state index in [1.54, 1.807) is 37.3 Å².